The van der Waals surface area contributed by atoms with Gasteiger partial charge in [0.25, 0.3) is 0 Å². The Balaban J connectivity index is 1.24. The average Bonchev–Trinajstić information content (AvgIpc) is 3.27. The first kappa shape index (κ1) is 23.6. The van der Waals surface area contributed by atoms with Crippen molar-refractivity contribution in [2.75, 3.05) is 66.0 Å². The minimum absolute atomic E-state index is 0.0682. The van der Waals surface area contributed by atoms with Gasteiger partial charge in [-0.05, 0) is 19.4 Å². The minimum atomic E-state index is -0.642. The zero-order valence-corrected chi connectivity index (χ0v) is 18.0. The van der Waals surface area contributed by atoms with Gasteiger partial charge in [-0.25, -0.2) is 0 Å². The Hall–Kier alpha value is -1.01. The number of ether oxygens (including phenoxy) is 8. The van der Waals surface area contributed by atoms with E-state index in [2.05, 4.69) is 16.9 Å². The van der Waals surface area contributed by atoms with E-state index < -0.39 is 11.4 Å². The van der Waals surface area contributed by atoms with Gasteiger partial charge in [-0.15, -0.1) is 0 Å². The Bertz CT molecular complexity index is 588. The molecule has 0 spiro atoms. The number of nitrogens with zero attached hydrogens (tertiary/aromatic N) is 3. The minimum Gasteiger partial charge on any atom is -0.379 e. The molecular formula is C19H33N3O8. The van der Waals surface area contributed by atoms with Crippen molar-refractivity contribution in [3.05, 3.63) is 10.4 Å². The molecule has 3 aliphatic heterocycles. The van der Waals surface area contributed by atoms with Gasteiger partial charge in [-0.1, -0.05) is 12.0 Å². The van der Waals surface area contributed by atoms with Crippen LogP contribution in [0.2, 0.25) is 0 Å². The summed E-state index contributed by atoms with van der Waals surface area (Å²) in [4.78, 5) is 2.65. The molecular weight excluding hydrogens is 398 g/mol. The van der Waals surface area contributed by atoms with Crippen LogP contribution in [0.3, 0.4) is 0 Å². The lowest BCUT2D eigenvalue weighted by molar-refractivity contribution is -0.222. The van der Waals surface area contributed by atoms with E-state index in [-0.39, 0.29) is 24.4 Å². The highest BCUT2D eigenvalue weighted by Gasteiger charge is 2.64. The van der Waals surface area contributed by atoms with Crippen molar-refractivity contribution < 1.29 is 37.9 Å². The maximum atomic E-state index is 8.13. The molecule has 3 saturated heterocycles. The summed E-state index contributed by atoms with van der Waals surface area (Å²) >= 11 is 0. The Morgan fingerprint density at radius 3 is 2.23 bits per heavy atom. The van der Waals surface area contributed by atoms with Crippen molar-refractivity contribution in [3.8, 4) is 0 Å². The molecule has 5 atom stereocenters. The maximum absolute atomic E-state index is 8.13. The molecule has 0 amide bonds. The third kappa shape index (κ3) is 6.03. The van der Waals surface area contributed by atoms with E-state index in [9.17, 15) is 0 Å². The van der Waals surface area contributed by atoms with Crippen molar-refractivity contribution in [3.63, 3.8) is 0 Å². The molecule has 0 aromatic carbocycles. The van der Waals surface area contributed by atoms with Crippen molar-refractivity contribution >= 4 is 0 Å². The predicted octanol–water partition coefficient (Wildman–Crippen LogP) is 1.64. The van der Waals surface area contributed by atoms with Crippen molar-refractivity contribution in [2.24, 2.45) is 11.0 Å². The third-order valence-corrected chi connectivity index (χ3v) is 5.30. The number of hydrogen-bond donors (Lipinski definition) is 0. The van der Waals surface area contributed by atoms with Gasteiger partial charge in [-0.3, -0.25) is 0 Å². The van der Waals surface area contributed by atoms with Gasteiger partial charge in [-0.2, -0.15) is 0 Å². The van der Waals surface area contributed by atoms with Crippen LogP contribution in [0.5, 0.6) is 0 Å². The Morgan fingerprint density at radius 2 is 1.57 bits per heavy atom. The highest BCUT2D eigenvalue weighted by Crippen LogP contribution is 2.48. The SMILES string of the molecule is C[C@H]1[C@H]2OC[C@](COCCOCCOCCOCCN=[N+]=[N-])(O2)[C@@H]2OC(C)(C)O[C@H]12. The molecule has 172 valence electrons. The lowest BCUT2D eigenvalue weighted by Gasteiger charge is -2.41. The molecule has 0 radical (unpaired) electrons. The van der Waals surface area contributed by atoms with E-state index in [4.69, 9.17) is 43.4 Å². The van der Waals surface area contributed by atoms with Crippen LogP contribution in [0.15, 0.2) is 5.11 Å². The molecule has 3 heterocycles. The summed E-state index contributed by atoms with van der Waals surface area (Å²) in [5.74, 6) is -0.532. The molecule has 0 saturated carbocycles. The monoisotopic (exact) mass is 431 g/mol. The van der Waals surface area contributed by atoms with Crippen LogP contribution < -0.4 is 0 Å². The molecule has 0 N–H and O–H groups in total. The molecule has 3 rings (SSSR count). The Kier molecular flexibility index (Phi) is 8.70. The molecule has 30 heavy (non-hydrogen) atoms. The largest absolute Gasteiger partial charge is 0.379 e. The van der Waals surface area contributed by atoms with Gasteiger partial charge >= 0.3 is 0 Å². The van der Waals surface area contributed by atoms with Gasteiger partial charge in [0.05, 0.1) is 65.6 Å². The van der Waals surface area contributed by atoms with E-state index in [1.165, 1.54) is 0 Å². The van der Waals surface area contributed by atoms with Crippen molar-refractivity contribution in [2.45, 2.75) is 50.7 Å². The Morgan fingerprint density at radius 1 is 0.933 bits per heavy atom. The fraction of sp³-hybridized carbons (Fsp3) is 1.00. The molecule has 11 nitrogen and oxygen atoms in total. The summed E-state index contributed by atoms with van der Waals surface area (Å²) < 4.78 is 46.2. The lowest BCUT2D eigenvalue weighted by Crippen LogP contribution is -2.59. The zero-order chi connectivity index (χ0) is 21.5. The molecule has 2 bridgehead atoms. The quantitative estimate of drug-likeness (QED) is 0.176. The Labute approximate surface area is 176 Å². The van der Waals surface area contributed by atoms with E-state index >= 15 is 0 Å². The molecule has 3 fully saturated rings. The van der Waals surface area contributed by atoms with Gasteiger partial charge in [0.15, 0.2) is 12.1 Å². The lowest BCUT2D eigenvalue weighted by atomic mass is 9.86. The molecule has 0 aliphatic carbocycles. The number of fused-ring (bicyclic) bond motifs is 4. The van der Waals surface area contributed by atoms with Crippen LogP contribution in [0.25, 0.3) is 10.4 Å². The van der Waals surface area contributed by atoms with Gasteiger partial charge in [0.1, 0.15) is 11.7 Å². The molecule has 0 unspecified atom stereocenters. The second kappa shape index (κ2) is 11.0. The van der Waals surface area contributed by atoms with Crippen LogP contribution in [0.1, 0.15) is 20.8 Å². The van der Waals surface area contributed by atoms with Gasteiger partial charge in [0.2, 0.25) is 0 Å². The van der Waals surface area contributed by atoms with E-state index in [0.29, 0.717) is 66.0 Å². The third-order valence-electron chi connectivity index (χ3n) is 5.30. The van der Waals surface area contributed by atoms with E-state index in [0.717, 1.165) is 0 Å². The van der Waals surface area contributed by atoms with Crippen LogP contribution in [-0.2, 0) is 37.9 Å². The van der Waals surface area contributed by atoms with Crippen molar-refractivity contribution in [1.29, 1.82) is 0 Å². The van der Waals surface area contributed by atoms with Crippen LogP contribution in [0.4, 0.5) is 0 Å². The number of azide groups is 1. The second-order valence-electron chi connectivity index (χ2n) is 8.09. The first-order valence-electron chi connectivity index (χ1n) is 10.4. The maximum Gasteiger partial charge on any atom is 0.163 e. The first-order valence-corrected chi connectivity index (χ1v) is 10.4. The van der Waals surface area contributed by atoms with Crippen LogP contribution in [0, 0.1) is 5.92 Å². The van der Waals surface area contributed by atoms with Gasteiger partial charge < -0.3 is 37.9 Å². The van der Waals surface area contributed by atoms with E-state index in [1.807, 2.05) is 13.8 Å². The second-order valence-corrected chi connectivity index (χ2v) is 8.09. The molecule has 0 aromatic heterocycles. The highest BCUT2D eigenvalue weighted by molar-refractivity contribution is 5.07. The fourth-order valence-corrected chi connectivity index (χ4v) is 3.88. The summed E-state index contributed by atoms with van der Waals surface area (Å²) in [6, 6.07) is 0. The van der Waals surface area contributed by atoms with Gasteiger partial charge in [0, 0.05) is 17.4 Å². The molecule has 3 aliphatic rings. The smallest absolute Gasteiger partial charge is 0.163 e. The van der Waals surface area contributed by atoms with Crippen LogP contribution in [-0.4, -0.2) is 95.9 Å². The summed E-state index contributed by atoms with van der Waals surface area (Å²) in [5, 5.41) is 3.38. The summed E-state index contributed by atoms with van der Waals surface area (Å²) in [6.45, 7) is 10.2. The normalized spacial score (nSPS) is 34.0. The summed E-state index contributed by atoms with van der Waals surface area (Å²) in [5.41, 5.74) is 7.49. The standard InChI is InChI=1S/C19H33N3O8/c1-14-15-16(29-18(2,3)28-15)19(13-27-17(14)30-19)12-26-11-10-25-9-8-24-7-6-23-5-4-21-22-20/h14-17H,4-13H2,1-3H3/t14-,15-,16-,17+,19+/m1/s1. The van der Waals surface area contributed by atoms with E-state index in [1.54, 1.807) is 0 Å². The zero-order valence-electron chi connectivity index (χ0n) is 18.0. The molecule has 11 heteroatoms. The predicted molar refractivity (Wildman–Crippen MR) is 104 cm³/mol. The first-order chi connectivity index (χ1) is 14.5. The number of rotatable bonds is 14. The number of hydrogen-bond acceptors (Lipinski definition) is 9. The van der Waals surface area contributed by atoms with Crippen molar-refractivity contribution in [1.82, 2.24) is 0 Å². The fourth-order valence-electron chi connectivity index (χ4n) is 3.88. The summed E-state index contributed by atoms with van der Waals surface area (Å²) in [7, 11) is 0. The molecule has 0 aromatic rings. The summed E-state index contributed by atoms with van der Waals surface area (Å²) in [6.07, 6.45) is -0.574. The average molecular weight is 431 g/mol. The topological polar surface area (TPSA) is 123 Å². The highest BCUT2D eigenvalue weighted by atomic mass is 16.8. The van der Waals surface area contributed by atoms with Crippen LogP contribution >= 0.6 is 0 Å².